The minimum absolute atomic E-state index is 0.333. The molecule has 0 amide bonds. The number of aryl methyl sites for hydroxylation is 1. The molecular formula is C9H10N8S2. The lowest BCUT2D eigenvalue weighted by Crippen LogP contribution is -2.10. The van der Waals surface area contributed by atoms with Crippen LogP contribution in [0.15, 0.2) is 15.6 Å². The van der Waals surface area contributed by atoms with Crippen molar-refractivity contribution in [1.82, 2.24) is 29.5 Å². The highest BCUT2D eigenvalue weighted by molar-refractivity contribution is 8.01. The normalized spacial score (nSPS) is 11.1. The molecule has 0 atom stereocenters. The zero-order valence-electron chi connectivity index (χ0n) is 9.91. The van der Waals surface area contributed by atoms with Gasteiger partial charge in [-0.2, -0.15) is 14.5 Å². The Labute approximate surface area is 116 Å². The fourth-order valence-electron chi connectivity index (χ4n) is 1.46. The Hall–Kier alpha value is -1.78. The number of hydrogen-bond acceptors (Lipinski definition) is 9. The highest BCUT2D eigenvalue weighted by Gasteiger charge is 2.13. The van der Waals surface area contributed by atoms with E-state index in [0.29, 0.717) is 11.6 Å². The highest BCUT2D eigenvalue weighted by Crippen LogP contribution is 2.32. The summed E-state index contributed by atoms with van der Waals surface area (Å²) in [4.78, 5) is 12.9. The van der Waals surface area contributed by atoms with E-state index in [1.165, 1.54) is 23.3 Å². The number of nitrogens with zero attached hydrogens (tertiary/aromatic N) is 5. The number of aromatic amines is 1. The SMILES string of the molecule is CCc1nsc(Sc2nc(NN)nc3[nH]ncc23)n1. The van der Waals surface area contributed by atoms with Gasteiger partial charge in [0.25, 0.3) is 0 Å². The average Bonchev–Trinajstić information content (AvgIpc) is 3.06. The molecule has 98 valence electrons. The molecule has 3 rings (SSSR count). The van der Waals surface area contributed by atoms with Crippen LogP contribution in [0, 0.1) is 0 Å². The molecule has 0 aromatic carbocycles. The third-order valence-corrected chi connectivity index (χ3v) is 4.15. The molecule has 8 nitrogen and oxygen atoms in total. The second-order valence-electron chi connectivity index (χ2n) is 3.56. The van der Waals surface area contributed by atoms with Crippen molar-refractivity contribution in [1.29, 1.82) is 0 Å². The first-order valence-electron chi connectivity index (χ1n) is 5.48. The Kier molecular flexibility index (Phi) is 3.27. The topological polar surface area (TPSA) is 118 Å². The molecule has 0 spiro atoms. The summed E-state index contributed by atoms with van der Waals surface area (Å²) in [5.41, 5.74) is 3.07. The van der Waals surface area contributed by atoms with Crippen molar-refractivity contribution in [3.05, 3.63) is 12.0 Å². The summed E-state index contributed by atoms with van der Waals surface area (Å²) in [5, 5.41) is 8.32. The number of hydrazine groups is 1. The van der Waals surface area contributed by atoms with Crippen LogP contribution in [-0.2, 0) is 6.42 Å². The van der Waals surface area contributed by atoms with E-state index in [1.807, 2.05) is 6.92 Å². The van der Waals surface area contributed by atoms with Gasteiger partial charge in [0.1, 0.15) is 10.9 Å². The fraction of sp³-hybridized carbons (Fsp3) is 0.222. The second-order valence-corrected chi connectivity index (χ2v) is 5.55. The van der Waals surface area contributed by atoms with Gasteiger partial charge in [-0.25, -0.2) is 15.8 Å². The maximum atomic E-state index is 5.35. The standard InChI is InChI=1S/C9H10N8S2/c1-2-5-12-9(19-17-5)18-7-4-3-11-16-6(4)13-8(14-7)15-10/h3H,2,10H2,1H3,(H2,11,13,14,15,16). The summed E-state index contributed by atoms with van der Waals surface area (Å²) < 4.78 is 5.08. The van der Waals surface area contributed by atoms with Crippen LogP contribution in [0.5, 0.6) is 0 Å². The second kappa shape index (κ2) is 5.07. The molecule has 0 saturated carbocycles. The van der Waals surface area contributed by atoms with Crippen molar-refractivity contribution in [2.24, 2.45) is 5.84 Å². The lowest BCUT2D eigenvalue weighted by Gasteiger charge is -2.02. The summed E-state index contributed by atoms with van der Waals surface area (Å²) in [6.07, 6.45) is 2.50. The smallest absolute Gasteiger partial charge is 0.240 e. The van der Waals surface area contributed by atoms with Crippen LogP contribution >= 0.6 is 23.3 Å². The van der Waals surface area contributed by atoms with E-state index in [9.17, 15) is 0 Å². The molecule has 3 aromatic heterocycles. The van der Waals surface area contributed by atoms with E-state index in [2.05, 4.69) is 34.9 Å². The Morgan fingerprint density at radius 1 is 1.42 bits per heavy atom. The molecule has 0 unspecified atom stereocenters. The number of rotatable bonds is 4. The summed E-state index contributed by atoms with van der Waals surface area (Å²) in [5.74, 6) is 6.52. The van der Waals surface area contributed by atoms with E-state index in [-0.39, 0.29) is 0 Å². The van der Waals surface area contributed by atoms with Gasteiger partial charge >= 0.3 is 0 Å². The summed E-state index contributed by atoms with van der Waals surface area (Å²) in [6, 6.07) is 0. The first-order chi connectivity index (χ1) is 9.30. The molecule has 4 N–H and O–H groups in total. The number of nitrogens with one attached hydrogen (secondary N) is 2. The number of aromatic nitrogens is 6. The fourth-order valence-corrected chi connectivity index (χ4v) is 3.16. The Balaban J connectivity index is 2.01. The van der Waals surface area contributed by atoms with Gasteiger partial charge in [-0.3, -0.25) is 10.5 Å². The molecular weight excluding hydrogens is 284 g/mol. The largest absolute Gasteiger partial charge is 0.292 e. The van der Waals surface area contributed by atoms with Crippen molar-refractivity contribution in [2.45, 2.75) is 22.7 Å². The van der Waals surface area contributed by atoms with Crippen molar-refractivity contribution in [3.63, 3.8) is 0 Å². The maximum Gasteiger partial charge on any atom is 0.240 e. The van der Waals surface area contributed by atoms with Crippen LogP contribution in [0.25, 0.3) is 11.0 Å². The Bertz CT molecular complexity index is 705. The van der Waals surface area contributed by atoms with Gasteiger partial charge in [0.15, 0.2) is 9.99 Å². The van der Waals surface area contributed by atoms with Crippen molar-refractivity contribution in [3.8, 4) is 0 Å². The van der Waals surface area contributed by atoms with Gasteiger partial charge in [-0.05, 0) is 23.3 Å². The summed E-state index contributed by atoms with van der Waals surface area (Å²) >= 11 is 2.78. The number of fused-ring (bicyclic) bond motifs is 1. The average molecular weight is 294 g/mol. The third-order valence-electron chi connectivity index (χ3n) is 2.35. The third kappa shape index (κ3) is 2.37. The van der Waals surface area contributed by atoms with Gasteiger partial charge < -0.3 is 0 Å². The molecule has 3 heterocycles. The van der Waals surface area contributed by atoms with Crippen molar-refractivity contribution < 1.29 is 0 Å². The van der Waals surface area contributed by atoms with Crippen LogP contribution in [0.4, 0.5) is 5.95 Å². The molecule has 0 fully saturated rings. The summed E-state index contributed by atoms with van der Waals surface area (Å²) in [6.45, 7) is 2.02. The van der Waals surface area contributed by atoms with E-state index >= 15 is 0 Å². The Morgan fingerprint density at radius 3 is 3.05 bits per heavy atom. The van der Waals surface area contributed by atoms with E-state index < -0.39 is 0 Å². The van der Waals surface area contributed by atoms with Crippen LogP contribution in [0.2, 0.25) is 0 Å². The molecule has 0 radical (unpaired) electrons. The molecule has 0 aliphatic carbocycles. The number of nitrogens with two attached hydrogens (primary N) is 1. The molecule has 0 aliphatic rings. The predicted octanol–water partition coefficient (Wildman–Crippen LogP) is 1.20. The minimum Gasteiger partial charge on any atom is -0.292 e. The van der Waals surface area contributed by atoms with Gasteiger partial charge in [-0.1, -0.05) is 6.92 Å². The first-order valence-corrected chi connectivity index (χ1v) is 7.07. The molecule has 0 saturated heterocycles. The first kappa shape index (κ1) is 12.3. The molecule has 3 aromatic rings. The van der Waals surface area contributed by atoms with Gasteiger partial charge in [0, 0.05) is 6.42 Å². The van der Waals surface area contributed by atoms with Crippen LogP contribution < -0.4 is 11.3 Å². The quantitative estimate of drug-likeness (QED) is 0.373. The lowest BCUT2D eigenvalue weighted by atomic mass is 10.4. The predicted molar refractivity (Wildman–Crippen MR) is 72.9 cm³/mol. The van der Waals surface area contributed by atoms with E-state index in [4.69, 9.17) is 5.84 Å². The van der Waals surface area contributed by atoms with Crippen LogP contribution in [-0.4, -0.2) is 29.5 Å². The minimum atomic E-state index is 0.333. The van der Waals surface area contributed by atoms with E-state index in [0.717, 1.165) is 27.0 Å². The molecule has 0 aliphatic heterocycles. The maximum absolute atomic E-state index is 5.35. The van der Waals surface area contributed by atoms with Gasteiger partial charge in [0.05, 0.1) is 11.6 Å². The zero-order valence-corrected chi connectivity index (χ0v) is 11.5. The van der Waals surface area contributed by atoms with Crippen LogP contribution in [0.3, 0.4) is 0 Å². The molecule has 19 heavy (non-hydrogen) atoms. The number of nitrogen functional groups attached to an aromatic ring is 1. The number of hydrogen-bond donors (Lipinski definition) is 3. The number of anilines is 1. The highest BCUT2D eigenvalue weighted by atomic mass is 32.2. The van der Waals surface area contributed by atoms with Gasteiger partial charge in [-0.15, -0.1) is 0 Å². The number of H-pyrrole nitrogens is 1. The summed E-state index contributed by atoms with van der Waals surface area (Å²) in [7, 11) is 0. The Morgan fingerprint density at radius 2 is 2.32 bits per heavy atom. The van der Waals surface area contributed by atoms with Crippen molar-refractivity contribution in [2.75, 3.05) is 5.43 Å². The van der Waals surface area contributed by atoms with E-state index in [1.54, 1.807) is 6.20 Å². The molecule has 0 bridgehead atoms. The zero-order chi connectivity index (χ0) is 13.2. The van der Waals surface area contributed by atoms with Gasteiger partial charge in [0.2, 0.25) is 5.95 Å². The van der Waals surface area contributed by atoms with Crippen molar-refractivity contribution >= 4 is 40.3 Å². The van der Waals surface area contributed by atoms with Crippen LogP contribution in [0.1, 0.15) is 12.7 Å². The molecule has 10 heteroatoms. The lowest BCUT2D eigenvalue weighted by molar-refractivity contribution is 0.970. The monoisotopic (exact) mass is 294 g/mol.